The molecule has 3 aromatic carbocycles. The van der Waals surface area contributed by atoms with Crippen LogP contribution >= 0.6 is 0 Å². The summed E-state index contributed by atoms with van der Waals surface area (Å²) in [4.78, 5) is 30.1. The highest BCUT2D eigenvalue weighted by molar-refractivity contribution is 5.97. The van der Waals surface area contributed by atoms with E-state index in [1.165, 1.54) is 17.2 Å². The van der Waals surface area contributed by atoms with Gasteiger partial charge < -0.3 is 25.3 Å². The second-order valence-corrected chi connectivity index (χ2v) is 11.2. The maximum Gasteiger partial charge on any atom is 0.293 e. The fraction of sp³-hybridized carbons (Fsp3) is 0.265. The molecule has 4 rings (SSSR count). The van der Waals surface area contributed by atoms with Crippen molar-refractivity contribution in [1.29, 1.82) is 0 Å². The molecule has 4 aromatic rings. The average molecular weight is 566 g/mol. The minimum atomic E-state index is -0.287. The molecule has 0 unspecified atom stereocenters. The molecule has 0 bridgehead atoms. The predicted octanol–water partition coefficient (Wildman–Crippen LogP) is 6.64. The van der Waals surface area contributed by atoms with Gasteiger partial charge in [0.25, 0.3) is 11.5 Å². The SMILES string of the molecule is C=C(Nc1cccc(-c2cn(C)c(=O)c(Nc3ccc(C(=O)NCC)c(OC)c3)n2)c1C)c1ccc(C(C)(C)C)cc1. The number of hydrogen-bond acceptors (Lipinski definition) is 6. The molecule has 0 aliphatic carbocycles. The highest BCUT2D eigenvalue weighted by Gasteiger charge is 2.17. The summed E-state index contributed by atoms with van der Waals surface area (Å²) >= 11 is 0. The normalized spacial score (nSPS) is 11.1. The quantitative estimate of drug-likeness (QED) is 0.211. The van der Waals surface area contributed by atoms with Gasteiger partial charge in [0.05, 0.1) is 18.4 Å². The molecular weight excluding hydrogens is 526 g/mol. The van der Waals surface area contributed by atoms with E-state index in [-0.39, 0.29) is 22.7 Å². The standard InChI is InChI=1S/C34H39N5O3/c1-9-35-32(40)27-18-17-25(19-30(27)42-8)37-31-33(41)39(7)20-29(38-31)26-11-10-12-28(21(26)2)36-22(3)23-13-15-24(16-14-23)34(4,5)6/h10-20,36H,3,9H2,1-2,4-8H3,(H,35,40)(H,37,38). The van der Waals surface area contributed by atoms with Crippen molar-refractivity contribution in [2.45, 2.75) is 40.0 Å². The molecular formula is C34H39N5O3. The van der Waals surface area contributed by atoms with Gasteiger partial charge in [-0.2, -0.15) is 0 Å². The first-order chi connectivity index (χ1) is 19.9. The number of ether oxygens (including phenoxy) is 1. The van der Waals surface area contributed by atoms with Gasteiger partial charge >= 0.3 is 0 Å². The predicted molar refractivity (Wildman–Crippen MR) is 172 cm³/mol. The zero-order valence-electron chi connectivity index (χ0n) is 25.4. The van der Waals surface area contributed by atoms with E-state index in [1.54, 1.807) is 31.4 Å². The Labute approximate surface area is 247 Å². The van der Waals surface area contributed by atoms with E-state index in [9.17, 15) is 9.59 Å². The van der Waals surface area contributed by atoms with Crippen LogP contribution in [0.1, 0.15) is 54.7 Å². The number of nitrogens with zero attached hydrogens (tertiary/aromatic N) is 2. The van der Waals surface area contributed by atoms with Crippen LogP contribution in [-0.4, -0.2) is 29.1 Å². The van der Waals surface area contributed by atoms with Crippen LogP contribution in [-0.2, 0) is 12.5 Å². The largest absolute Gasteiger partial charge is 0.496 e. The van der Waals surface area contributed by atoms with E-state index in [4.69, 9.17) is 9.72 Å². The van der Waals surface area contributed by atoms with Crippen LogP contribution < -0.4 is 26.2 Å². The van der Waals surface area contributed by atoms with Crippen molar-refractivity contribution >= 4 is 28.8 Å². The van der Waals surface area contributed by atoms with Crippen molar-refractivity contribution in [1.82, 2.24) is 14.9 Å². The van der Waals surface area contributed by atoms with E-state index < -0.39 is 0 Å². The number of methoxy groups -OCH3 is 1. The van der Waals surface area contributed by atoms with Crippen molar-refractivity contribution in [2.24, 2.45) is 7.05 Å². The Morgan fingerprint density at radius 1 is 1.07 bits per heavy atom. The molecule has 3 N–H and O–H groups in total. The van der Waals surface area contributed by atoms with Gasteiger partial charge in [-0.25, -0.2) is 4.98 Å². The topological polar surface area (TPSA) is 97.3 Å². The number of hydrogen-bond donors (Lipinski definition) is 3. The Balaban J connectivity index is 1.62. The highest BCUT2D eigenvalue weighted by Crippen LogP contribution is 2.31. The number of anilines is 3. The molecule has 0 aliphatic rings. The molecule has 0 saturated carbocycles. The molecule has 0 saturated heterocycles. The number of aromatic nitrogens is 2. The van der Waals surface area contributed by atoms with Gasteiger partial charge in [-0.3, -0.25) is 9.59 Å². The van der Waals surface area contributed by atoms with E-state index in [0.717, 1.165) is 28.1 Å². The van der Waals surface area contributed by atoms with Crippen molar-refractivity contribution in [3.05, 3.63) is 106 Å². The van der Waals surface area contributed by atoms with Gasteiger partial charge in [-0.05, 0) is 54.2 Å². The number of aryl methyl sites for hydroxylation is 1. The molecule has 1 aromatic heterocycles. The number of carbonyl (C=O) groups is 1. The summed E-state index contributed by atoms with van der Waals surface area (Å²) in [7, 11) is 3.19. The molecule has 1 amide bonds. The van der Waals surface area contributed by atoms with Gasteiger partial charge in [0.15, 0.2) is 5.82 Å². The van der Waals surface area contributed by atoms with Crippen LogP contribution in [0.4, 0.5) is 17.2 Å². The summed E-state index contributed by atoms with van der Waals surface area (Å²) in [6.45, 7) is 15.2. The highest BCUT2D eigenvalue weighted by atomic mass is 16.5. The summed E-state index contributed by atoms with van der Waals surface area (Å²) in [5, 5.41) is 9.34. The lowest BCUT2D eigenvalue weighted by atomic mass is 9.86. The molecule has 0 aliphatic heterocycles. The molecule has 0 atom stereocenters. The third-order valence-corrected chi connectivity index (χ3v) is 7.11. The molecule has 0 spiro atoms. The smallest absolute Gasteiger partial charge is 0.293 e. The summed E-state index contributed by atoms with van der Waals surface area (Å²) in [6.07, 6.45) is 1.72. The molecule has 0 fully saturated rings. The van der Waals surface area contributed by atoms with Gasteiger partial charge in [-0.15, -0.1) is 0 Å². The molecule has 42 heavy (non-hydrogen) atoms. The van der Waals surface area contributed by atoms with Crippen LogP contribution in [0.3, 0.4) is 0 Å². The van der Waals surface area contributed by atoms with Gasteiger partial charge in [-0.1, -0.05) is 63.7 Å². The fourth-order valence-corrected chi connectivity index (χ4v) is 4.62. The van der Waals surface area contributed by atoms with E-state index in [1.807, 2.05) is 32.0 Å². The number of nitrogens with one attached hydrogen (secondary N) is 3. The van der Waals surface area contributed by atoms with Crippen LogP contribution in [0.5, 0.6) is 5.75 Å². The second kappa shape index (κ2) is 12.3. The third-order valence-electron chi connectivity index (χ3n) is 7.11. The van der Waals surface area contributed by atoms with Crippen LogP contribution in [0, 0.1) is 6.92 Å². The minimum absolute atomic E-state index is 0.0788. The first-order valence-corrected chi connectivity index (χ1v) is 13.9. The van der Waals surface area contributed by atoms with Crippen molar-refractivity contribution < 1.29 is 9.53 Å². The average Bonchev–Trinajstić information content (AvgIpc) is 2.96. The van der Waals surface area contributed by atoms with Crippen LogP contribution in [0.15, 0.2) is 78.2 Å². The number of amides is 1. The van der Waals surface area contributed by atoms with Crippen molar-refractivity contribution in [2.75, 3.05) is 24.3 Å². The Kier molecular flexibility index (Phi) is 8.85. The lowest BCUT2D eigenvalue weighted by Gasteiger charge is -2.20. The second-order valence-electron chi connectivity index (χ2n) is 11.2. The van der Waals surface area contributed by atoms with Crippen molar-refractivity contribution in [3.8, 4) is 17.0 Å². The molecule has 8 heteroatoms. The lowest BCUT2D eigenvalue weighted by Crippen LogP contribution is -2.23. The van der Waals surface area contributed by atoms with Crippen LogP contribution in [0.2, 0.25) is 0 Å². The summed E-state index contributed by atoms with van der Waals surface area (Å²) < 4.78 is 6.93. The molecule has 0 radical (unpaired) electrons. The lowest BCUT2D eigenvalue weighted by molar-refractivity contribution is 0.0953. The first-order valence-electron chi connectivity index (χ1n) is 13.9. The van der Waals surface area contributed by atoms with Gasteiger partial charge in [0, 0.05) is 48.5 Å². The van der Waals surface area contributed by atoms with E-state index in [0.29, 0.717) is 29.2 Å². The number of rotatable bonds is 9. The van der Waals surface area contributed by atoms with Crippen molar-refractivity contribution in [3.63, 3.8) is 0 Å². The molecule has 8 nitrogen and oxygen atoms in total. The van der Waals surface area contributed by atoms with E-state index in [2.05, 4.69) is 67.6 Å². The van der Waals surface area contributed by atoms with Gasteiger partial charge in [0.2, 0.25) is 0 Å². The molecule has 218 valence electrons. The first kappa shape index (κ1) is 30.1. The Hall–Kier alpha value is -4.85. The Morgan fingerprint density at radius 2 is 1.79 bits per heavy atom. The molecule has 1 heterocycles. The number of benzene rings is 3. The van der Waals surface area contributed by atoms with Gasteiger partial charge in [0.1, 0.15) is 5.75 Å². The summed E-state index contributed by atoms with van der Waals surface area (Å²) in [5.74, 6) is 0.316. The minimum Gasteiger partial charge on any atom is -0.496 e. The maximum atomic E-state index is 13.0. The summed E-state index contributed by atoms with van der Waals surface area (Å²) in [5.41, 5.74) is 7.20. The maximum absolute atomic E-state index is 13.0. The third kappa shape index (κ3) is 6.54. The zero-order chi connectivity index (χ0) is 30.6. The fourth-order valence-electron chi connectivity index (χ4n) is 4.62. The Bertz CT molecular complexity index is 1680. The van der Waals surface area contributed by atoms with Crippen LogP contribution in [0.25, 0.3) is 17.0 Å². The Morgan fingerprint density at radius 3 is 2.43 bits per heavy atom. The zero-order valence-corrected chi connectivity index (χ0v) is 25.4. The number of carbonyl (C=O) groups excluding carboxylic acids is 1. The van der Waals surface area contributed by atoms with E-state index >= 15 is 0 Å². The monoisotopic (exact) mass is 565 g/mol. The summed E-state index contributed by atoms with van der Waals surface area (Å²) in [6, 6.07) is 19.4.